The second-order valence-electron chi connectivity index (χ2n) is 5.83. The molecule has 0 aromatic rings. The molecule has 0 radical (unpaired) electrons. The predicted molar refractivity (Wildman–Crippen MR) is 76.5 cm³/mol. The number of hydrogen-bond donors (Lipinski definition) is 1. The van der Waals surface area contributed by atoms with Crippen molar-refractivity contribution >= 4 is 11.8 Å². The number of aliphatic hydroxyl groups is 1. The van der Waals surface area contributed by atoms with E-state index in [1.54, 1.807) is 0 Å². The number of fused-ring (bicyclic) bond motifs is 2. The molecule has 2 unspecified atom stereocenters. The number of unbranched alkanes of at least 4 members (excludes halogenated alkanes) is 4. The zero-order chi connectivity index (χ0) is 12.1. The number of thioether (sulfide) groups is 1. The van der Waals surface area contributed by atoms with Gasteiger partial charge in [-0.05, 0) is 44.9 Å². The van der Waals surface area contributed by atoms with Gasteiger partial charge in [0.15, 0.2) is 0 Å². The summed E-state index contributed by atoms with van der Waals surface area (Å²) in [6.07, 6.45) is 14.0. The molecule has 0 amide bonds. The lowest BCUT2D eigenvalue weighted by molar-refractivity contribution is 0.0130. The van der Waals surface area contributed by atoms with Crippen LogP contribution in [-0.4, -0.2) is 21.2 Å². The molecule has 2 heterocycles. The zero-order valence-electron chi connectivity index (χ0n) is 10.9. The van der Waals surface area contributed by atoms with E-state index < -0.39 is 0 Å². The maximum Gasteiger partial charge on any atom is 0.0668 e. The molecule has 2 aliphatic rings. The normalized spacial score (nSPS) is 36.1. The molecule has 1 nitrogen and oxygen atoms in total. The van der Waals surface area contributed by atoms with Crippen LogP contribution in [0.1, 0.15) is 64.2 Å². The van der Waals surface area contributed by atoms with Gasteiger partial charge in [-0.25, -0.2) is 0 Å². The highest BCUT2D eigenvalue weighted by Gasteiger charge is 2.42. The maximum atomic E-state index is 10.6. The summed E-state index contributed by atoms with van der Waals surface area (Å²) in [6.45, 7) is 3.74. The molecular formula is C15H26OS. The van der Waals surface area contributed by atoms with Crippen molar-refractivity contribution in [2.45, 2.75) is 80.3 Å². The first-order valence-electron chi connectivity index (χ1n) is 7.21. The highest BCUT2D eigenvalue weighted by molar-refractivity contribution is 8.00. The molecular weight excluding hydrogens is 228 g/mol. The van der Waals surface area contributed by atoms with Gasteiger partial charge >= 0.3 is 0 Å². The van der Waals surface area contributed by atoms with Gasteiger partial charge in [-0.3, -0.25) is 0 Å². The molecule has 0 aromatic heterocycles. The molecule has 0 aromatic carbocycles. The zero-order valence-corrected chi connectivity index (χ0v) is 11.7. The van der Waals surface area contributed by atoms with Gasteiger partial charge in [-0.1, -0.05) is 25.3 Å². The lowest BCUT2D eigenvalue weighted by atomic mass is 9.88. The molecule has 0 saturated carbocycles. The summed E-state index contributed by atoms with van der Waals surface area (Å²) in [6, 6.07) is 0. The minimum absolute atomic E-state index is 0.310. The average Bonchev–Trinajstić information content (AvgIpc) is 2.64. The molecule has 2 bridgehead atoms. The Bertz CT molecular complexity index is 239. The van der Waals surface area contributed by atoms with Crippen LogP contribution in [0.15, 0.2) is 12.7 Å². The Morgan fingerprint density at radius 2 is 1.76 bits per heavy atom. The topological polar surface area (TPSA) is 20.2 Å². The Morgan fingerprint density at radius 3 is 2.41 bits per heavy atom. The molecule has 17 heavy (non-hydrogen) atoms. The van der Waals surface area contributed by atoms with E-state index >= 15 is 0 Å². The summed E-state index contributed by atoms with van der Waals surface area (Å²) in [4.78, 5) is 0. The fourth-order valence-corrected chi connectivity index (χ4v) is 5.21. The van der Waals surface area contributed by atoms with Crippen LogP contribution in [0.3, 0.4) is 0 Å². The molecule has 2 atom stereocenters. The van der Waals surface area contributed by atoms with E-state index in [9.17, 15) is 5.11 Å². The van der Waals surface area contributed by atoms with E-state index in [1.807, 2.05) is 6.08 Å². The van der Waals surface area contributed by atoms with Gasteiger partial charge in [-0.15, -0.1) is 6.58 Å². The maximum absolute atomic E-state index is 10.6. The van der Waals surface area contributed by atoms with Crippen molar-refractivity contribution in [1.82, 2.24) is 0 Å². The van der Waals surface area contributed by atoms with Crippen molar-refractivity contribution < 1.29 is 5.11 Å². The van der Waals surface area contributed by atoms with Crippen molar-refractivity contribution in [2.24, 2.45) is 0 Å². The third-order valence-corrected chi connectivity index (χ3v) is 5.79. The van der Waals surface area contributed by atoms with Gasteiger partial charge in [-0.2, -0.15) is 11.8 Å². The van der Waals surface area contributed by atoms with Gasteiger partial charge in [0.25, 0.3) is 0 Å². The van der Waals surface area contributed by atoms with Gasteiger partial charge < -0.3 is 5.11 Å². The Balaban J connectivity index is 1.63. The number of allylic oxidation sites excluding steroid dienone is 1. The summed E-state index contributed by atoms with van der Waals surface area (Å²) >= 11 is 2.13. The molecule has 1 N–H and O–H groups in total. The van der Waals surface area contributed by atoms with Crippen LogP contribution >= 0.6 is 11.8 Å². The Kier molecular flexibility index (Phi) is 4.98. The van der Waals surface area contributed by atoms with E-state index in [1.165, 1.54) is 38.5 Å². The fraction of sp³-hybridized carbons (Fsp3) is 0.867. The van der Waals surface area contributed by atoms with Gasteiger partial charge in [0.05, 0.1) is 5.60 Å². The highest BCUT2D eigenvalue weighted by Crippen LogP contribution is 2.48. The summed E-state index contributed by atoms with van der Waals surface area (Å²) < 4.78 is 0. The quantitative estimate of drug-likeness (QED) is 0.540. The van der Waals surface area contributed by atoms with Crippen molar-refractivity contribution in [1.29, 1.82) is 0 Å². The third kappa shape index (κ3) is 4.03. The van der Waals surface area contributed by atoms with E-state index in [0.29, 0.717) is 0 Å². The first-order valence-corrected chi connectivity index (χ1v) is 8.15. The monoisotopic (exact) mass is 254 g/mol. The van der Waals surface area contributed by atoms with Crippen LogP contribution in [0.25, 0.3) is 0 Å². The fourth-order valence-electron chi connectivity index (χ4n) is 3.31. The van der Waals surface area contributed by atoms with Crippen molar-refractivity contribution in [3.63, 3.8) is 0 Å². The predicted octanol–water partition coefficient (Wildman–Crippen LogP) is 4.30. The standard InChI is InChI=1S/C15H26OS/c1-2-3-4-5-6-7-10-15(16)11-13-8-9-14(12-15)17-13/h2,13-14,16H,1,3-12H2. The van der Waals surface area contributed by atoms with E-state index in [2.05, 4.69) is 18.3 Å². The SMILES string of the molecule is C=CCCCCCCC1(O)CC2CCC(C1)S2. The Morgan fingerprint density at radius 1 is 1.12 bits per heavy atom. The second kappa shape index (κ2) is 6.29. The largest absolute Gasteiger partial charge is 0.390 e. The van der Waals surface area contributed by atoms with Crippen LogP contribution < -0.4 is 0 Å². The third-order valence-electron chi connectivity index (χ3n) is 4.21. The van der Waals surface area contributed by atoms with Crippen LogP contribution in [0.5, 0.6) is 0 Å². The van der Waals surface area contributed by atoms with Crippen molar-refractivity contribution in [3.8, 4) is 0 Å². The first kappa shape index (κ1) is 13.5. The molecule has 0 aliphatic carbocycles. The molecule has 2 saturated heterocycles. The van der Waals surface area contributed by atoms with E-state index in [4.69, 9.17) is 0 Å². The highest BCUT2D eigenvalue weighted by atomic mass is 32.2. The van der Waals surface area contributed by atoms with Gasteiger partial charge in [0, 0.05) is 10.5 Å². The lowest BCUT2D eigenvalue weighted by Crippen LogP contribution is -2.37. The van der Waals surface area contributed by atoms with Crippen LogP contribution in [0, 0.1) is 0 Å². The minimum Gasteiger partial charge on any atom is -0.390 e. The van der Waals surface area contributed by atoms with Crippen LogP contribution in [-0.2, 0) is 0 Å². The molecule has 2 heteroatoms. The van der Waals surface area contributed by atoms with E-state index in [-0.39, 0.29) is 5.60 Å². The van der Waals surface area contributed by atoms with Crippen LogP contribution in [0.4, 0.5) is 0 Å². The summed E-state index contributed by atoms with van der Waals surface area (Å²) in [5.41, 5.74) is -0.310. The summed E-state index contributed by atoms with van der Waals surface area (Å²) in [5, 5.41) is 12.2. The smallest absolute Gasteiger partial charge is 0.0668 e. The molecule has 98 valence electrons. The Hall–Kier alpha value is 0.0500. The van der Waals surface area contributed by atoms with Crippen molar-refractivity contribution in [3.05, 3.63) is 12.7 Å². The molecule has 2 rings (SSSR count). The first-order chi connectivity index (χ1) is 8.22. The van der Waals surface area contributed by atoms with Crippen molar-refractivity contribution in [2.75, 3.05) is 0 Å². The van der Waals surface area contributed by atoms with E-state index in [0.717, 1.165) is 36.2 Å². The molecule has 2 fully saturated rings. The number of hydrogen-bond acceptors (Lipinski definition) is 2. The Labute approximate surface area is 110 Å². The van der Waals surface area contributed by atoms with Gasteiger partial charge in [0.2, 0.25) is 0 Å². The minimum atomic E-state index is -0.310. The molecule has 0 spiro atoms. The molecule has 2 aliphatic heterocycles. The van der Waals surface area contributed by atoms with Gasteiger partial charge in [0.1, 0.15) is 0 Å². The summed E-state index contributed by atoms with van der Waals surface area (Å²) in [7, 11) is 0. The summed E-state index contributed by atoms with van der Waals surface area (Å²) in [5.74, 6) is 0. The lowest BCUT2D eigenvalue weighted by Gasteiger charge is -2.36. The second-order valence-corrected chi connectivity index (χ2v) is 7.44. The van der Waals surface area contributed by atoms with Crippen LogP contribution in [0.2, 0.25) is 0 Å². The number of rotatable bonds is 7. The average molecular weight is 254 g/mol.